The number of hydrogen-bond acceptors (Lipinski definition) is 3. The number of fused-ring (bicyclic) bond motifs is 1. The van der Waals surface area contributed by atoms with Gasteiger partial charge in [-0.15, -0.1) is 0 Å². The SMILES string of the molecule is CCCCCC(N)c1ccc2c(c1)NC(=O)CO2. The van der Waals surface area contributed by atoms with E-state index >= 15 is 0 Å². The van der Waals surface area contributed by atoms with Crippen LogP contribution >= 0.6 is 0 Å². The minimum Gasteiger partial charge on any atom is -0.482 e. The van der Waals surface area contributed by atoms with Gasteiger partial charge in [-0.3, -0.25) is 4.79 Å². The fourth-order valence-corrected chi connectivity index (χ4v) is 2.11. The van der Waals surface area contributed by atoms with Gasteiger partial charge in [0.1, 0.15) is 5.75 Å². The molecule has 0 aromatic heterocycles. The second-order valence-electron chi connectivity index (χ2n) is 4.69. The molecular formula is C14H20N2O2. The molecule has 1 aliphatic rings. The molecule has 0 spiro atoms. The molecule has 1 heterocycles. The minimum absolute atomic E-state index is 0.0284. The largest absolute Gasteiger partial charge is 0.482 e. The molecule has 1 aliphatic heterocycles. The highest BCUT2D eigenvalue weighted by atomic mass is 16.5. The van der Waals surface area contributed by atoms with E-state index < -0.39 is 0 Å². The predicted molar refractivity (Wildman–Crippen MR) is 71.6 cm³/mol. The summed E-state index contributed by atoms with van der Waals surface area (Å²) in [6.07, 6.45) is 4.51. The van der Waals surface area contributed by atoms with Crippen LogP contribution in [0.2, 0.25) is 0 Å². The van der Waals surface area contributed by atoms with Crippen molar-refractivity contribution in [3.8, 4) is 5.75 Å². The molecule has 2 rings (SSSR count). The third kappa shape index (κ3) is 3.01. The lowest BCUT2D eigenvalue weighted by molar-refractivity contribution is -0.118. The first-order chi connectivity index (χ1) is 8.70. The maximum Gasteiger partial charge on any atom is 0.262 e. The maximum absolute atomic E-state index is 11.3. The normalized spacial score (nSPS) is 15.6. The van der Waals surface area contributed by atoms with Crippen molar-refractivity contribution in [3.63, 3.8) is 0 Å². The lowest BCUT2D eigenvalue weighted by Gasteiger charge is -2.20. The monoisotopic (exact) mass is 248 g/mol. The van der Waals surface area contributed by atoms with Crippen LogP contribution in [0, 0.1) is 0 Å². The first kappa shape index (κ1) is 12.9. The Morgan fingerprint density at radius 3 is 3.06 bits per heavy atom. The van der Waals surface area contributed by atoms with Gasteiger partial charge in [0.05, 0.1) is 5.69 Å². The highest BCUT2D eigenvalue weighted by molar-refractivity contribution is 5.95. The Bertz CT molecular complexity index is 432. The Balaban J connectivity index is 2.05. The molecule has 4 nitrogen and oxygen atoms in total. The zero-order chi connectivity index (χ0) is 13.0. The van der Waals surface area contributed by atoms with E-state index in [2.05, 4.69) is 12.2 Å². The zero-order valence-electron chi connectivity index (χ0n) is 10.7. The number of unbranched alkanes of at least 4 members (excludes halogenated alkanes) is 2. The molecule has 1 atom stereocenters. The van der Waals surface area contributed by atoms with E-state index in [1.807, 2.05) is 18.2 Å². The molecule has 0 radical (unpaired) electrons. The molecule has 3 N–H and O–H groups in total. The summed E-state index contributed by atoms with van der Waals surface area (Å²) in [5, 5.41) is 2.80. The number of nitrogens with two attached hydrogens (primary N) is 1. The van der Waals surface area contributed by atoms with Crippen LogP contribution in [0.25, 0.3) is 0 Å². The predicted octanol–water partition coefficient (Wildman–Crippen LogP) is 2.60. The summed E-state index contributed by atoms with van der Waals surface area (Å²) < 4.78 is 5.32. The van der Waals surface area contributed by atoms with Gasteiger partial charge >= 0.3 is 0 Å². The number of carbonyl (C=O) groups excluding carboxylic acids is 1. The van der Waals surface area contributed by atoms with Gasteiger partial charge in [-0.25, -0.2) is 0 Å². The number of anilines is 1. The van der Waals surface area contributed by atoms with Crippen LogP contribution in [0.5, 0.6) is 5.75 Å². The van der Waals surface area contributed by atoms with Crippen molar-refractivity contribution in [1.29, 1.82) is 0 Å². The number of rotatable bonds is 5. The first-order valence-corrected chi connectivity index (χ1v) is 6.53. The molecule has 1 unspecified atom stereocenters. The molecule has 1 aromatic carbocycles. The van der Waals surface area contributed by atoms with E-state index in [0.29, 0.717) is 0 Å². The Labute approximate surface area is 108 Å². The van der Waals surface area contributed by atoms with Gasteiger partial charge in [-0.2, -0.15) is 0 Å². The summed E-state index contributed by atoms with van der Waals surface area (Å²) in [5.74, 6) is 0.610. The van der Waals surface area contributed by atoms with Crippen molar-refractivity contribution in [2.75, 3.05) is 11.9 Å². The van der Waals surface area contributed by atoms with Gasteiger partial charge in [0.25, 0.3) is 5.91 Å². The van der Waals surface area contributed by atoms with Crippen LogP contribution in [-0.4, -0.2) is 12.5 Å². The van der Waals surface area contributed by atoms with Gasteiger partial charge < -0.3 is 15.8 Å². The van der Waals surface area contributed by atoms with Crippen LogP contribution in [0.3, 0.4) is 0 Å². The molecule has 1 aromatic rings. The summed E-state index contributed by atoms with van der Waals surface area (Å²) >= 11 is 0. The highest BCUT2D eigenvalue weighted by Crippen LogP contribution is 2.31. The standard InChI is InChI=1S/C14H20N2O2/c1-2-3-4-5-11(15)10-6-7-13-12(8-10)16-14(17)9-18-13/h6-8,11H,2-5,9,15H2,1H3,(H,16,17). The maximum atomic E-state index is 11.3. The van der Waals surface area contributed by atoms with Crippen molar-refractivity contribution in [2.24, 2.45) is 5.73 Å². The number of benzene rings is 1. The summed E-state index contributed by atoms with van der Waals surface area (Å²) in [6.45, 7) is 2.27. The summed E-state index contributed by atoms with van der Waals surface area (Å²) in [4.78, 5) is 11.3. The molecule has 0 fully saturated rings. The average molecular weight is 248 g/mol. The Morgan fingerprint density at radius 1 is 1.44 bits per heavy atom. The summed E-state index contributed by atoms with van der Waals surface area (Å²) in [5.41, 5.74) is 7.93. The van der Waals surface area contributed by atoms with Crippen LogP contribution < -0.4 is 15.8 Å². The third-order valence-electron chi connectivity index (χ3n) is 3.18. The van der Waals surface area contributed by atoms with Crippen LogP contribution in [0.1, 0.15) is 44.2 Å². The highest BCUT2D eigenvalue weighted by Gasteiger charge is 2.17. The average Bonchev–Trinajstić information content (AvgIpc) is 2.38. The molecule has 0 saturated carbocycles. The zero-order valence-corrected chi connectivity index (χ0v) is 10.7. The Hall–Kier alpha value is -1.55. The number of nitrogens with one attached hydrogen (secondary N) is 1. The van der Waals surface area contributed by atoms with Crippen molar-refractivity contribution >= 4 is 11.6 Å². The molecule has 0 bridgehead atoms. The van der Waals surface area contributed by atoms with Gasteiger partial charge in [-0.1, -0.05) is 32.3 Å². The first-order valence-electron chi connectivity index (χ1n) is 6.53. The molecular weight excluding hydrogens is 228 g/mol. The molecule has 1 amide bonds. The van der Waals surface area contributed by atoms with Crippen molar-refractivity contribution < 1.29 is 9.53 Å². The molecule has 18 heavy (non-hydrogen) atoms. The quantitative estimate of drug-likeness (QED) is 0.787. The number of amides is 1. The van der Waals surface area contributed by atoms with E-state index in [-0.39, 0.29) is 18.6 Å². The van der Waals surface area contributed by atoms with E-state index in [4.69, 9.17) is 10.5 Å². The van der Waals surface area contributed by atoms with Crippen LogP contribution in [0.4, 0.5) is 5.69 Å². The second-order valence-corrected chi connectivity index (χ2v) is 4.69. The van der Waals surface area contributed by atoms with Crippen LogP contribution in [0.15, 0.2) is 18.2 Å². The van der Waals surface area contributed by atoms with Crippen LogP contribution in [-0.2, 0) is 4.79 Å². The number of carbonyl (C=O) groups is 1. The molecule has 0 aliphatic carbocycles. The number of ether oxygens (including phenoxy) is 1. The minimum atomic E-state index is -0.112. The summed E-state index contributed by atoms with van der Waals surface area (Å²) in [7, 11) is 0. The topological polar surface area (TPSA) is 64.3 Å². The van der Waals surface area contributed by atoms with E-state index in [1.165, 1.54) is 12.8 Å². The molecule has 4 heteroatoms. The summed E-state index contributed by atoms with van der Waals surface area (Å²) in [6, 6.07) is 5.81. The van der Waals surface area contributed by atoms with Gasteiger partial charge in [0.15, 0.2) is 6.61 Å². The van der Waals surface area contributed by atoms with E-state index in [1.54, 1.807) is 0 Å². The van der Waals surface area contributed by atoms with Gasteiger partial charge in [0, 0.05) is 6.04 Å². The number of hydrogen-bond donors (Lipinski definition) is 2. The third-order valence-corrected chi connectivity index (χ3v) is 3.18. The molecule has 0 saturated heterocycles. The van der Waals surface area contributed by atoms with Crippen molar-refractivity contribution in [3.05, 3.63) is 23.8 Å². The lowest BCUT2D eigenvalue weighted by Crippen LogP contribution is -2.25. The Morgan fingerprint density at radius 2 is 2.28 bits per heavy atom. The second kappa shape index (κ2) is 5.87. The van der Waals surface area contributed by atoms with Crippen molar-refractivity contribution in [2.45, 2.75) is 38.6 Å². The van der Waals surface area contributed by atoms with Crippen molar-refractivity contribution in [1.82, 2.24) is 0 Å². The Kier molecular flexibility index (Phi) is 4.20. The van der Waals surface area contributed by atoms with E-state index in [0.717, 1.165) is 29.8 Å². The fraction of sp³-hybridized carbons (Fsp3) is 0.500. The van der Waals surface area contributed by atoms with Gasteiger partial charge in [0.2, 0.25) is 0 Å². The smallest absolute Gasteiger partial charge is 0.262 e. The van der Waals surface area contributed by atoms with E-state index in [9.17, 15) is 4.79 Å². The lowest BCUT2D eigenvalue weighted by atomic mass is 10.0. The molecule has 98 valence electrons. The van der Waals surface area contributed by atoms with Gasteiger partial charge in [-0.05, 0) is 24.1 Å². The fourth-order valence-electron chi connectivity index (χ4n) is 2.11.